The molecule has 0 spiro atoms. The quantitative estimate of drug-likeness (QED) is 0.704. The van der Waals surface area contributed by atoms with Crippen LogP contribution in [0.1, 0.15) is 38.9 Å². The Kier molecular flexibility index (Phi) is 4.69. The maximum Gasteiger partial charge on any atom is 0.291 e. The van der Waals surface area contributed by atoms with Crippen LogP contribution >= 0.6 is 0 Å². The van der Waals surface area contributed by atoms with Gasteiger partial charge in [0, 0.05) is 42.9 Å². The number of halogens is 1. The average Bonchev–Trinajstić information content (AvgIpc) is 3.31. The first kappa shape index (κ1) is 19.3. The fraction of sp³-hybridized carbons (Fsp3) is 0.261. The molecule has 31 heavy (non-hydrogen) atoms. The Morgan fingerprint density at radius 3 is 2.58 bits per heavy atom. The van der Waals surface area contributed by atoms with Gasteiger partial charge in [0.15, 0.2) is 5.76 Å². The molecule has 2 aromatic heterocycles. The maximum absolute atomic E-state index is 13.2. The molecule has 1 fully saturated rings. The summed E-state index contributed by atoms with van der Waals surface area (Å²) < 4.78 is 20.1. The summed E-state index contributed by atoms with van der Waals surface area (Å²) in [5.74, 6) is -0.749. The van der Waals surface area contributed by atoms with E-state index in [1.54, 1.807) is 27.7 Å². The largest absolute Gasteiger partial charge is 0.459 e. The first-order valence-electron chi connectivity index (χ1n) is 10.1. The number of hydrogen-bond donors (Lipinski definition) is 1. The van der Waals surface area contributed by atoms with Crippen LogP contribution in [0.25, 0.3) is 0 Å². The van der Waals surface area contributed by atoms with Crippen molar-refractivity contribution < 1.29 is 18.4 Å². The number of likely N-dealkylation sites (tertiary alicyclic amines) is 1. The van der Waals surface area contributed by atoms with Gasteiger partial charge in [0.1, 0.15) is 5.82 Å². The molecule has 5 rings (SSSR count). The third kappa shape index (κ3) is 3.54. The number of fused-ring (bicyclic) bond motifs is 4. The van der Waals surface area contributed by atoms with Gasteiger partial charge in [-0.15, -0.1) is 0 Å². The number of carbonyl (C=O) groups excluding carboxylic acids is 2. The van der Waals surface area contributed by atoms with Gasteiger partial charge in [0.25, 0.3) is 17.4 Å². The number of nitrogens with one attached hydrogen (secondary N) is 1. The van der Waals surface area contributed by atoms with E-state index in [-0.39, 0.29) is 29.1 Å². The summed E-state index contributed by atoms with van der Waals surface area (Å²) in [6, 6.07) is 11.8. The SMILES string of the molecule is O=C(Nc1ccc(=O)n2c1[C@H]1C[C@@H](CN(C(=O)c3ccc(F)cc3)C1)C2)c1ccco1. The molecule has 0 unspecified atom stereocenters. The third-order valence-electron chi connectivity index (χ3n) is 5.96. The molecular formula is C23H20FN3O4. The number of anilines is 1. The number of piperidine rings is 1. The molecule has 3 aromatic rings. The molecule has 2 atom stereocenters. The standard InChI is InChI=1S/C23H20FN3O4/c24-17-5-3-15(4-6-17)23(30)26-11-14-10-16(13-26)21-18(7-8-20(28)27(21)12-14)25-22(29)19-2-1-9-31-19/h1-9,14,16H,10-13H2,(H,25,29)/t14-,16-/m0/s1. The van der Waals surface area contributed by atoms with Crippen LogP contribution in [0.3, 0.4) is 0 Å². The van der Waals surface area contributed by atoms with E-state index in [2.05, 4.69) is 5.32 Å². The van der Waals surface area contributed by atoms with E-state index in [1.807, 2.05) is 0 Å². The van der Waals surface area contributed by atoms with Crippen LogP contribution in [0, 0.1) is 11.7 Å². The van der Waals surface area contributed by atoms with Gasteiger partial charge < -0.3 is 19.2 Å². The molecule has 1 N–H and O–H groups in total. The normalized spacial score (nSPS) is 19.6. The van der Waals surface area contributed by atoms with Gasteiger partial charge in [0.2, 0.25) is 0 Å². The number of pyridine rings is 1. The van der Waals surface area contributed by atoms with E-state index < -0.39 is 11.7 Å². The number of carbonyl (C=O) groups is 2. The third-order valence-corrected chi connectivity index (χ3v) is 5.96. The highest BCUT2D eigenvalue weighted by Crippen LogP contribution is 2.39. The first-order valence-corrected chi connectivity index (χ1v) is 10.1. The molecule has 1 saturated heterocycles. The fourth-order valence-electron chi connectivity index (χ4n) is 4.65. The Morgan fingerprint density at radius 2 is 1.84 bits per heavy atom. The van der Waals surface area contributed by atoms with Crippen LogP contribution in [-0.2, 0) is 6.54 Å². The lowest BCUT2D eigenvalue weighted by Gasteiger charge is -2.43. The van der Waals surface area contributed by atoms with Crippen molar-refractivity contribution in [2.24, 2.45) is 5.92 Å². The smallest absolute Gasteiger partial charge is 0.291 e. The lowest BCUT2D eigenvalue weighted by atomic mass is 9.82. The van der Waals surface area contributed by atoms with E-state index >= 15 is 0 Å². The van der Waals surface area contributed by atoms with Crippen LogP contribution in [-0.4, -0.2) is 34.4 Å². The number of rotatable bonds is 3. The molecule has 1 aromatic carbocycles. The second-order valence-electron chi connectivity index (χ2n) is 8.03. The summed E-state index contributed by atoms with van der Waals surface area (Å²) in [5.41, 5.74) is 1.57. The second-order valence-corrected chi connectivity index (χ2v) is 8.03. The molecule has 2 aliphatic heterocycles. The van der Waals surface area contributed by atoms with E-state index in [0.717, 1.165) is 12.1 Å². The topological polar surface area (TPSA) is 84.5 Å². The summed E-state index contributed by atoms with van der Waals surface area (Å²) >= 11 is 0. The number of amides is 2. The minimum Gasteiger partial charge on any atom is -0.459 e. The van der Waals surface area contributed by atoms with Crippen molar-refractivity contribution >= 4 is 17.5 Å². The van der Waals surface area contributed by atoms with E-state index in [4.69, 9.17) is 4.42 Å². The Labute approximate surface area is 177 Å². The summed E-state index contributed by atoms with van der Waals surface area (Å²) in [4.78, 5) is 39.8. The molecule has 4 heterocycles. The monoisotopic (exact) mass is 421 g/mol. The molecule has 0 aliphatic carbocycles. The summed E-state index contributed by atoms with van der Waals surface area (Å²) in [6.07, 6.45) is 2.24. The summed E-state index contributed by atoms with van der Waals surface area (Å²) in [6.45, 7) is 1.42. The Hall–Kier alpha value is -3.68. The van der Waals surface area contributed by atoms with Crippen molar-refractivity contribution in [3.63, 3.8) is 0 Å². The maximum atomic E-state index is 13.2. The lowest BCUT2D eigenvalue weighted by molar-refractivity contribution is 0.0595. The zero-order valence-corrected chi connectivity index (χ0v) is 16.6. The number of hydrogen-bond acceptors (Lipinski definition) is 4. The van der Waals surface area contributed by atoms with Crippen LogP contribution in [0.2, 0.25) is 0 Å². The minimum absolute atomic E-state index is 0.0994. The van der Waals surface area contributed by atoms with Gasteiger partial charge in [-0.2, -0.15) is 0 Å². The van der Waals surface area contributed by atoms with Crippen molar-refractivity contribution in [3.05, 3.63) is 88.0 Å². The van der Waals surface area contributed by atoms with E-state index in [0.29, 0.717) is 30.9 Å². The van der Waals surface area contributed by atoms with Gasteiger partial charge in [-0.1, -0.05) is 0 Å². The van der Waals surface area contributed by atoms with Crippen molar-refractivity contribution in [2.45, 2.75) is 18.9 Å². The molecule has 8 heteroatoms. The minimum atomic E-state index is -0.399. The van der Waals surface area contributed by atoms with Crippen molar-refractivity contribution in [3.8, 4) is 0 Å². The number of nitrogens with zero attached hydrogens (tertiary/aromatic N) is 2. The van der Waals surface area contributed by atoms with Gasteiger partial charge in [-0.05, 0) is 54.8 Å². The summed E-state index contributed by atoms with van der Waals surface area (Å²) in [7, 11) is 0. The van der Waals surface area contributed by atoms with E-state index in [1.165, 1.54) is 36.6 Å². The Morgan fingerprint density at radius 1 is 1.03 bits per heavy atom. The molecule has 7 nitrogen and oxygen atoms in total. The Balaban J connectivity index is 1.45. The van der Waals surface area contributed by atoms with E-state index in [9.17, 15) is 18.8 Å². The molecule has 2 bridgehead atoms. The fourth-order valence-corrected chi connectivity index (χ4v) is 4.65. The molecule has 0 radical (unpaired) electrons. The van der Waals surface area contributed by atoms with Crippen molar-refractivity contribution in [1.82, 2.24) is 9.47 Å². The average molecular weight is 421 g/mol. The summed E-state index contributed by atoms with van der Waals surface area (Å²) in [5, 5.41) is 2.85. The van der Waals surface area contributed by atoms with Gasteiger partial charge in [0.05, 0.1) is 12.0 Å². The predicted molar refractivity (Wildman–Crippen MR) is 111 cm³/mol. The molecule has 0 saturated carbocycles. The lowest BCUT2D eigenvalue weighted by Crippen LogP contribution is -2.49. The van der Waals surface area contributed by atoms with Crippen LogP contribution in [0.15, 0.2) is 64.0 Å². The number of aromatic nitrogens is 1. The molecule has 2 aliphatic rings. The molecular weight excluding hydrogens is 401 g/mol. The first-order chi connectivity index (χ1) is 15.0. The number of furan rings is 1. The highest BCUT2D eigenvalue weighted by Gasteiger charge is 2.38. The van der Waals surface area contributed by atoms with Crippen molar-refractivity contribution in [1.29, 1.82) is 0 Å². The van der Waals surface area contributed by atoms with Gasteiger partial charge >= 0.3 is 0 Å². The zero-order valence-electron chi connectivity index (χ0n) is 16.6. The number of benzene rings is 1. The van der Waals surface area contributed by atoms with Crippen LogP contribution < -0.4 is 10.9 Å². The van der Waals surface area contributed by atoms with Crippen molar-refractivity contribution in [2.75, 3.05) is 18.4 Å². The highest BCUT2D eigenvalue weighted by molar-refractivity contribution is 6.02. The molecule has 2 amide bonds. The predicted octanol–water partition coefficient (Wildman–Crippen LogP) is 3.09. The van der Waals surface area contributed by atoms with Crippen LogP contribution in [0.5, 0.6) is 0 Å². The Bertz CT molecular complexity index is 1200. The molecule has 158 valence electrons. The van der Waals surface area contributed by atoms with Crippen LogP contribution in [0.4, 0.5) is 10.1 Å². The van der Waals surface area contributed by atoms with Gasteiger partial charge in [-0.3, -0.25) is 14.4 Å². The van der Waals surface area contributed by atoms with Gasteiger partial charge in [-0.25, -0.2) is 4.39 Å². The highest BCUT2D eigenvalue weighted by atomic mass is 19.1. The second kappa shape index (κ2) is 7.54. The zero-order chi connectivity index (χ0) is 21.5.